The maximum Gasteiger partial charge on any atom is 0.335 e. The number of carboxylic acids is 1. The lowest BCUT2D eigenvalue weighted by Gasteiger charge is -2.29. The van der Waals surface area contributed by atoms with Crippen LogP contribution in [0.15, 0.2) is 12.1 Å². The van der Waals surface area contributed by atoms with Crippen molar-refractivity contribution in [1.82, 2.24) is 0 Å². The minimum absolute atomic E-state index is 0.279. The van der Waals surface area contributed by atoms with Crippen molar-refractivity contribution >= 4 is 11.7 Å². The standard InChI is InChI=1S/C11H13NO3/c1-7-5-8(11(13)14)6-9-10(7)12(2)3-4-15-9/h5-6H,3-4H2,1-2H3,(H,13,14). The average molecular weight is 207 g/mol. The Balaban J connectivity index is 2.55. The van der Waals surface area contributed by atoms with Crippen molar-refractivity contribution in [2.45, 2.75) is 6.92 Å². The van der Waals surface area contributed by atoms with Crippen molar-refractivity contribution in [3.63, 3.8) is 0 Å². The van der Waals surface area contributed by atoms with Gasteiger partial charge in [-0.1, -0.05) is 0 Å². The van der Waals surface area contributed by atoms with Gasteiger partial charge < -0.3 is 14.7 Å². The quantitative estimate of drug-likeness (QED) is 0.758. The van der Waals surface area contributed by atoms with E-state index in [2.05, 4.69) is 4.90 Å². The molecule has 1 aliphatic heterocycles. The molecule has 15 heavy (non-hydrogen) atoms. The van der Waals surface area contributed by atoms with E-state index >= 15 is 0 Å². The van der Waals surface area contributed by atoms with Crippen molar-refractivity contribution in [3.8, 4) is 5.75 Å². The Morgan fingerprint density at radius 3 is 2.93 bits per heavy atom. The molecule has 0 fully saturated rings. The first-order valence-corrected chi connectivity index (χ1v) is 4.81. The van der Waals surface area contributed by atoms with E-state index in [1.807, 2.05) is 14.0 Å². The van der Waals surface area contributed by atoms with Crippen molar-refractivity contribution in [1.29, 1.82) is 0 Å². The molecular weight excluding hydrogens is 194 g/mol. The van der Waals surface area contributed by atoms with Crippen LogP contribution in [-0.2, 0) is 0 Å². The maximum absolute atomic E-state index is 10.9. The Morgan fingerprint density at radius 2 is 2.27 bits per heavy atom. The monoisotopic (exact) mass is 207 g/mol. The predicted octanol–water partition coefficient (Wildman–Crippen LogP) is 1.52. The highest BCUT2D eigenvalue weighted by Gasteiger charge is 2.19. The zero-order valence-corrected chi connectivity index (χ0v) is 8.78. The fourth-order valence-corrected chi connectivity index (χ4v) is 1.87. The molecule has 80 valence electrons. The molecule has 1 N–H and O–H groups in total. The first kappa shape index (κ1) is 9.83. The number of nitrogens with zero attached hydrogens (tertiary/aromatic N) is 1. The van der Waals surface area contributed by atoms with Crippen LogP contribution in [0.4, 0.5) is 5.69 Å². The summed E-state index contributed by atoms with van der Waals surface area (Å²) in [6.07, 6.45) is 0. The van der Waals surface area contributed by atoms with E-state index in [0.29, 0.717) is 12.4 Å². The van der Waals surface area contributed by atoms with Gasteiger partial charge in [-0.3, -0.25) is 0 Å². The van der Waals surface area contributed by atoms with Gasteiger partial charge in [-0.2, -0.15) is 0 Å². The normalized spacial score (nSPS) is 14.4. The molecule has 4 heteroatoms. The van der Waals surface area contributed by atoms with Crippen LogP contribution in [-0.4, -0.2) is 31.3 Å². The number of benzene rings is 1. The summed E-state index contributed by atoms with van der Waals surface area (Å²) < 4.78 is 5.46. The van der Waals surface area contributed by atoms with E-state index in [1.165, 1.54) is 0 Å². The van der Waals surface area contributed by atoms with Gasteiger partial charge in [0.25, 0.3) is 0 Å². The molecule has 0 unspecified atom stereocenters. The average Bonchev–Trinajstić information content (AvgIpc) is 2.17. The second-order valence-electron chi connectivity index (χ2n) is 3.72. The molecule has 0 saturated carbocycles. The highest BCUT2D eigenvalue weighted by atomic mass is 16.5. The molecule has 0 saturated heterocycles. The van der Waals surface area contributed by atoms with Gasteiger partial charge in [0.05, 0.1) is 17.8 Å². The number of carboxylic acid groups (broad SMARTS) is 1. The van der Waals surface area contributed by atoms with Crippen LogP contribution in [0.5, 0.6) is 5.75 Å². The molecule has 4 nitrogen and oxygen atoms in total. The number of hydrogen-bond donors (Lipinski definition) is 1. The topological polar surface area (TPSA) is 49.8 Å². The third-order valence-electron chi connectivity index (χ3n) is 2.58. The summed E-state index contributed by atoms with van der Waals surface area (Å²) in [5, 5.41) is 8.91. The predicted molar refractivity (Wildman–Crippen MR) is 56.9 cm³/mol. The summed E-state index contributed by atoms with van der Waals surface area (Å²) >= 11 is 0. The van der Waals surface area contributed by atoms with Gasteiger partial charge in [0.1, 0.15) is 12.4 Å². The molecule has 0 atom stereocenters. The smallest absolute Gasteiger partial charge is 0.335 e. The first-order valence-electron chi connectivity index (χ1n) is 4.81. The van der Waals surface area contributed by atoms with Crippen LogP contribution >= 0.6 is 0 Å². The molecule has 0 radical (unpaired) electrons. The molecular formula is C11H13NO3. The van der Waals surface area contributed by atoms with Gasteiger partial charge in [-0.25, -0.2) is 4.79 Å². The summed E-state index contributed by atoms with van der Waals surface area (Å²) in [6.45, 7) is 3.34. The number of carbonyl (C=O) groups is 1. The number of ether oxygens (including phenoxy) is 1. The van der Waals surface area contributed by atoms with E-state index in [9.17, 15) is 4.79 Å². The van der Waals surface area contributed by atoms with Gasteiger partial charge in [0, 0.05) is 7.05 Å². The second kappa shape index (κ2) is 3.46. The molecule has 1 aromatic carbocycles. The summed E-state index contributed by atoms with van der Waals surface area (Å²) in [5.74, 6) is -0.251. The molecule has 1 aromatic rings. The highest BCUT2D eigenvalue weighted by Crippen LogP contribution is 2.35. The Morgan fingerprint density at radius 1 is 1.53 bits per heavy atom. The Hall–Kier alpha value is -1.71. The molecule has 1 heterocycles. The van der Waals surface area contributed by atoms with Crippen molar-refractivity contribution in [3.05, 3.63) is 23.3 Å². The largest absolute Gasteiger partial charge is 0.490 e. The van der Waals surface area contributed by atoms with Crippen LogP contribution in [0.2, 0.25) is 0 Å². The summed E-state index contributed by atoms with van der Waals surface area (Å²) in [4.78, 5) is 12.9. The van der Waals surface area contributed by atoms with Gasteiger partial charge >= 0.3 is 5.97 Å². The van der Waals surface area contributed by atoms with Gasteiger partial charge in [-0.15, -0.1) is 0 Å². The number of fused-ring (bicyclic) bond motifs is 1. The summed E-state index contributed by atoms with van der Waals surface area (Å²) in [7, 11) is 1.98. The van der Waals surface area contributed by atoms with Crippen LogP contribution in [0.1, 0.15) is 15.9 Å². The van der Waals surface area contributed by atoms with Crippen LogP contribution in [0, 0.1) is 6.92 Å². The maximum atomic E-state index is 10.9. The lowest BCUT2D eigenvalue weighted by molar-refractivity contribution is 0.0696. The summed E-state index contributed by atoms with van der Waals surface area (Å²) in [6, 6.07) is 3.26. The number of likely N-dealkylation sites (N-methyl/N-ethyl adjacent to an activating group) is 1. The number of anilines is 1. The zero-order chi connectivity index (χ0) is 11.0. The number of hydrogen-bond acceptors (Lipinski definition) is 3. The van der Waals surface area contributed by atoms with Crippen molar-refractivity contribution in [2.24, 2.45) is 0 Å². The van der Waals surface area contributed by atoms with Gasteiger partial charge in [0.2, 0.25) is 0 Å². The number of aryl methyl sites for hydroxylation is 1. The third-order valence-corrected chi connectivity index (χ3v) is 2.58. The zero-order valence-electron chi connectivity index (χ0n) is 8.78. The Kier molecular flexibility index (Phi) is 2.26. The second-order valence-corrected chi connectivity index (χ2v) is 3.72. The van der Waals surface area contributed by atoms with E-state index < -0.39 is 5.97 Å². The molecule has 0 amide bonds. The third kappa shape index (κ3) is 1.63. The molecule has 0 aliphatic carbocycles. The van der Waals surface area contributed by atoms with E-state index in [4.69, 9.17) is 9.84 Å². The van der Waals surface area contributed by atoms with Crippen molar-refractivity contribution < 1.29 is 14.6 Å². The molecule has 0 spiro atoms. The lowest BCUT2D eigenvalue weighted by atomic mass is 10.1. The Bertz CT molecular complexity index is 415. The molecule has 0 bridgehead atoms. The molecule has 0 aromatic heterocycles. The van der Waals surface area contributed by atoms with Gasteiger partial charge in [0.15, 0.2) is 0 Å². The highest BCUT2D eigenvalue weighted by molar-refractivity contribution is 5.90. The minimum Gasteiger partial charge on any atom is -0.490 e. The number of rotatable bonds is 1. The Labute approximate surface area is 88.1 Å². The van der Waals surface area contributed by atoms with Crippen LogP contribution in [0.25, 0.3) is 0 Å². The van der Waals surface area contributed by atoms with E-state index in [1.54, 1.807) is 12.1 Å². The molecule has 1 aliphatic rings. The van der Waals surface area contributed by atoms with Crippen molar-refractivity contribution in [2.75, 3.05) is 25.1 Å². The van der Waals surface area contributed by atoms with E-state index in [0.717, 1.165) is 17.8 Å². The fourth-order valence-electron chi connectivity index (χ4n) is 1.87. The summed E-state index contributed by atoms with van der Waals surface area (Å²) in [5.41, 5.74) is 2.21. The number of aromatic carboxylic acids is 1. The SMILES string of the molecule is Cc1cc(C(=O)O)cc2c1N(C)CCO2. The first-order chi connectivity index (χ1) is 7.09. The molecule has 2 rings (SSSR count). The van der Waals surface area contributed by atoms with E-state index in [-0.39, 0.29) is 5.56 Å². The minimum atomic E-state index is -0.919. The fraction of sp³-hybridized carbons (Fsp3) is 0.364. The van der Waals surface area contributed by atoms with Gasteiger partial charge in [-0.05, 0) is 24.6 Å². The van der Waals surface area contributed by atoms with Crippen LogP contribution in [0.3, 0.4) is 0 Å². The van der Waals surface area contributed by atoms with Crippen LogP contribution < -0.4 is 9.64 Å². The lowest BCUT2D eigenvalue weighted by Crippen LogP contribution is -2.29.